The van der Waals surface area contributed by atoms with Crippen LogP contribution in [0, 0.1) is 5.41 Å². The zero-order chi connectivity index (χ0) is 13.7. The fourth-order valence-electron chi connectivity index (χ4n) is 3.37. The molecule has 3 aliphatic rings. The molecule has 3 nitrogen and oxygen atoms in total. The lowest BCUT2D eigenvalue weighted by molar-refractivity contribution is -0.126. The van der Waals surface area contributed by atoms with Crippen LogP contribution in [-0.4, -0.2) is 12.1 Å². The summed E-state index contributed by atoms with van der Waals surface area (Å²) in [5.74, 6) is 0.814. The highest BCUT2D eigenvalue weighted by atomic mass is 79.9. The lowest BCUT2D eigenvalue weighted by Crippen LogP contribution is -2.35. The van der Waals surface area contributed by atoms with Crippen LogP contribution in [0.4, 0.5) is 0 Å². The highest BCUT2D eigenvalue weighted by Crippen LogP contribution is 2.48. The molecule has 2 heterocycles. The number of benzene rings is 1. The summed E-state index contributed by atoms with van der Waals surface area (Å²) in [6.45, 7) is 0. The van der Waals surface area contributed by atoms with Crippen molar-refractivity contribution in [3.05, 3.63) is 57.3 Å². The molecule has 1 aliphatic carbocycles. The van der Waals surface area contributed by atoms with Crippen molar-refractivity contribution < 1.29 is 4.79 Å². The van der Waals surface area contributed by atoms with E-state index in [1.54, 1.807) is 0 Å². The smallest absolute Gasteiger partial charge is 0.237 e. The van der Waals surface area contributed by atoms with Crippen molar-refractivity contribution in [3.63, 3.8) is 0 Å². The first-order valence-corrected chi connectivity index (χ1v) is 7.51. The number of aliphatic imine (C=N–C) groups is 1. The minimum absolute atomic E-state index is 0.0820. The molecule has 100 valence electrons. The Morgan fingerprint density at radius 1 is 1.25 bits per heavy atom. The monoisotopic (exact) mass is 328 g/mol. The topological polar surface area (TPSA) is 41.5 Å². The van der Waals surface area contributed by atoms with Crippen molar-refractivity contribution in [3.8, 4) is 0 Å². The van der Waals surface area contributed by atoms with Crippen LogP contribution in [0.2, 0.25) is 0 Å². The van der Waals surface area contributed by atoms with Gasteiger partial charge in [0.15, 0.2) is 0 Å². The van der Waals surface area contributed by atoms with Gasteiger partial charge in [-0.25, -0.2) is 4.99 Å². The molecule has 2 aliphatic heterocycles. The Kier molecular flexibility index (Phi) is 2.51. The molecule has 0 saturated heterocycles. The molecule has 0 bridgehead atoms. The number of nitrogens with zero attached hydrogens (tertiary/aromatic N) is 1. The quantitative estimate of drug-likeness (QED) is 0.781. The standard InChI is InChI=1S/C16H13BrN2O/c17-12-5-4-10-8-16(9-11(10)7-12)13-3-1-2-6-18-14(13)19-15(16)20/h1,3-7H,2,8-9H2,(H,19,20). The van der Waals surface area contributed by atoms with Crippen LogP contribution in [0.15, 0.2) is 51.2 Å². The lowest BCUT2D eigenvalue weighted by atomic mass is 9.78. The molecule has 4 rings (SSSR count). The fraction of sp³-hybridized carbons (Fsp3) is 0.250. The largest absolute Gasteiger partial charge is 0.310 e. The van der Waals surface area contributed by atoms with Gasteiger partial charge < -0.3 is 5.32 Å². The second kappa shape index (κ2) is 4.16. The van der Waals surface area contributed by atoms with Crippen molar-refractivity contribution >= 4 is 28.1 Å². The van der Waals surface area contributed by atoms with E-state index in [2.05, 4.69) is 50.5 Å². The summed E-state index contributed by atoms with van der Waals surface area (Å²) in [7, 11) is 0. The lowest BCUT2D eigenvalue weighted by Gasteiger charge is -2.21. The molecule has 1 atom stereocenters. The molecule has 0 saturated carbocycles. The minimum Gasteiger partial charge on any atom is -0.310 e. The minimum atomic E-state index is -0.462. The van der Waals surface area contributed by atoms with E-state index in [4.69, 9.17) is 0 Å². The van der Waals surface area contributed by atoms with Crippen LogP contribution in [0.1, 0.15) is 17.5 Å². The van der Waals surface area contributed by atoms with Gasteiger partial charge in [-0.2, -0.15) is 0 Å². The molecule has 1 amide bonds. The molecule has 1 spiro atoms. The van der Waals surface area contributed by atoms with Crippen molar-refractivity contribution in [2.24, 2.45) is 10.4 Å². The number of hydrogen-bond donors (Lipinski definition) is 1. The molecule has 1 aromatic rings. The molecule has 1 aromatic carbocycles. The molecule has 4 heteroatoms. The Morgan fingerprint density at radius 2 is 2.10 bits per heavy atom. The van der Waals surface area contributed by atoms with Crippen molar-refractivity contribution in [2.45, 2.75) is 19.3 Å². The maximum atomic E-state index is 12.6. The summed E-state index contributed by atoms with van der Waals surface area (Å²) in [5.41, 5.74) is 3.10. The molecular formula is C16H13BrN2O. The normalized spacial score (nSPS) is 26.8. The number of rotatable bonds is 0. The number of amides is 1. The first kappa shape index (κ1) is 12.1. The molecular weight excluding hydrogens is 316 g/mol. The Balaban J connectivity index is 1.84. The summed E-state index contributed by atoms with van der Waals surface area (Å²) < 4.78 is 1.07. The van der Waals surface area contributed by atoms with Crippen LogP contribution >= 0.6 is 15.9 Å². The second-order valence-corrected chi connectivity index (χ2v) is 6.43. The first-order chi connectivity index (χ1) is 9.69. The SMILES string of the molecule is O=C1NC2=C(C=CCC=N2)C12Cc1ccc(Br)cc1C2. The third-order valence-electron chi connectivity index (χ3n) is 4.34. The van der Waals surface area contributed by atoms with Gasteiger partial charge in [0.2, 0.25) is 5.91 Å². The fourth-order valence-corrected chi connectivity index (χ4v) is 3.78. The summed E-state index contributed by atoms with van der Waals surface area (Å²) >= 11 is 3.51. The number of carbonyl (C=O) groups excluding carboxylic acids is 1. The average molecular weight is 329 g/mol. The van der Waals surface area contributed by atoms with E-state index in [-0.39, 0.29) is 5.91 Å². The van der Waals surface area contributed by atoms with Gasteiger partial charge in [0, 0.05) is 22.7 Å². The van der Waals surface area contributed by atoms with Crippen LogP contribution in [-0.2, 0) is 17.6 Å². The molecule has 1 N–H and O–H groups in total. The molecule has 0 aromatic heterocycles. The number of hydrogen-bond acceptors (Lipinski definition) is 2. The zero-order valence-corrected chi connectivity index (χ0v) is 12.4. The van der Waals surface area contributed by atoms with Crippen molar-refractivity contribution in [1.82, 2.24) is 5.32 Å². The second-order valence-electron chi connectivity index (χ2n) is 5.51. The summed E-state index contributed by atoms with van der Waals surface area (Å²) in [6, 6.07) is 6.28. The van der Waals surface area contributed by atoms with Gasteiger partial charge in [-0.1, -0.05) is 34.1 Å². The molecule has 1 unspecified atom stereocenters. The van der Waals surface area contributed by atoms with Gasteiger partial charge in [-0.05, 0) is 36.1 Å². The van der Waals surface area contributed by atoms with Gasteiger partial charge in [0.05, 0.1) is 5.41 Å². The maximum Gasteiger partial charge on any atom is 0.237 e. The number of fused-ring (bicyclic) bond motifs is 2. The average Bonchev–Trinajstić information content (AvgIpc) is 2.79. The highest BCUT2D eigenvalue weighted by Gasteiger charge is 2.51. The predicted molar refractivity (Wildman–Crippen MR) is 81.4 cm³/mol. The van der Waals surface area contributed by atoms with E-state index >= 15 is 0 Å². The highest BCUT2D eigenvalue weighted by molar-refractivity contribution is 9.10. The molecule has 20 heavy (non-hydrogen) atoms. The molecule has 0 fully saturated rings. The Labute approximate surface area is 125 Å². The van der Waals surface area contributed by atoms with Gasteiger partial charge in [-0.15, -0.1) is 0 Å². The number of carbonyl (C=O) groups is 1. The first-order valence-electron chi connectivity index (χ1n) is 6.72. The molecule has 0 radical (unpaired) electrons. The van der Waals surface area contributed by atoms with Gasteiger partial charge >= 0.3 is 0 Å². The van der Waals surface area contributed by atoms with E-state index in [1.807, 2.05) is 12.3 Å². The van der Waals surface area contributed by atoms with Crippen LogP contribution < -0.4 is 5.32 Å². The Bertz CT molecular complexity index is 717. The van der Waals surface area contributed by atoms with Crippen LogP contribution in [0.25, 0.3) is 0 Å². The summed E-state index contributed by atoms with van der Waals surface area (Å²) in [5, 5.41) is 2.96. The number of halogens is 1. The third kappa shape index (κ3) is 1.57. The van der Waals surface area contributed by atoms with Gasteiger partial charge in [0.1, 0.15) is 5.82 Å². The third-order valence-corrected chi connectivity index (χ3v) is 4.83. The van der Waals surface area contributed by atoms with E-state index < -0.39 is 5.41 Å². The van der Waals surface area contributed by atoms with Crippen molar-refractivity contribution in [1.29, 1.82) is 0 Å². The predicted octanol–water partition coefficient (Wildman–Crippen LogP) is 2.91. The van der Waals surface area contributed by atoms with Gasteiger partial charge in [0.25, 0.3) is 0 Å². The van der Waals surface area contributed by atoms with Crippen LogP contribution in [0.5, 0.6) is 0 Å². The zero-order valence-electron chi connectivity index (χ0n) is 10.8. The van der Waals surface area contributed by atoms with Crippen LogP contribution in [0.3, 0.4) is 0 Å². The summed E-state index contributed by atoms with van der Waals surface area (Å²) in [4.78, 5) is 16.9. The maximum absolute atomic E-state index is 12.6. The summed E-state index contributed by atoms with van der Waals surface area (Å²) in [6.07, 6.45) is 8.33. The van der Waals surface area contributed by atoms with E-state index in [0.29, 0.717) is 0 Å². The number of nitrogens with one attached hydrogen (secondary N) is 1. The number of allylic oxidation sites excluding steroid dienone is 2. The Hall–Kier alpha value is -1.68. The van der Waals surface area contributed by atoms with E-state index in [9.17, 15) is 4.79 Å². The van der Waals surface area contributed by atoms with Crippen molar-refractivity contribution in [2.75, 3.05) is 0 Å². The Morgan fingerprint density at radius 3 is 3.00 bits per heavy atom. The van der Waals surface area contributed by atoms with E-state index in [1.165, 1.54) is 11.1 Å². The van der Waals surface area contributed by atoms with E-state index in [0.717, 1.165) is 35.1 Å². The van der Waals surface area contributed by atoms with Gasteiger partial charge in [-0.3, -0.25) is 4.79 Å².